The molecule has 0 aliphatic rings. The Morgan fingerprint density at radius 1 is 1.77 bits per heavy atom. The van der Waals surface area contributed by atoms with Crippen molar-refractivity contribution in [2.45, 2.75) is 6.92 Å². The van der Waals surface area contributed by atoms with Gasteiger partial charge < -0.3 is 10.4 Å². The zero-order valence-corrected chi connectivity index (χ0v) is 8.02. The first-order valence-corrected chi connectivity index (χ1v) is 4.58. The maximum Gasteiger partial charge on any atom is 0.319 e. The van der Waals surface area contributed by atoms with Crippen molar-refractivity contribution in [3.63, 3.8) is 0 Å². The summed E-state index contributed by atoms with van der Waals surface area (Å²) >= 11 is 1.23. The summed E-state index contributed by atoms with van der Waals surface area (Å²) in [7, 11) is 0. The maximum atomic E-state index is 11.0. The molecule has 6 heteroatoms. The van der Waals surface area contributed by atoms with E-state index in [0.29, 0.717) is 5.00 Å². The normalized spacial score (nSPS) is 9.69. The summed E-state index contributed by atoms with van der Waals surface area (Å²) in [5.41, 5.74) is 0.877. The predicted octanol–water partition coefficient (Wildman–Crippen LogP) is 0.565. The van der Waals surface area contributed by atoms with Crippen LogP contribution in [0.1, 0.15) is 5.69 Å². The molecule has 0 atom stereocenters. The SMILES string of the molecule is Cc1cc(NC(=O)NCCO)sn1. The van der Waals surface area contributed by atoms with Crippen molar-refractivity contribution in [3.8, 4) is 0 Å². The highest BCUT2D eigenvalue weighted by Crippen LogP contribution is 2.14. The number of nitrogens with one attached hydrogen (secondary N) is 2. The molecule has 3 N–H and O–H groups in total. The summed E-state index contributed by atoms with van der Waals surface area (Å²) < 4.78 is 4.00. The first-order chi connectivity index (χ1) is 6.22. The highest BCUT2D eigenvalue weighted by atomic mass is 32.1. The van der Waals surface area contributed by atoms with E-state index in [4.69, 9.17) is 5.11 Å². The highest BCUT2D eigenvalue weighted by Gasteiger charge is 2.02. The second kappa shape index (κ2) is 4.78. The summed E-state index contributed by atoms with van der Waals surface area (Å²) in [5.74, 6) is 0. The Bertz CT molecular complexity index is 287. The first kappa shape index (κ1) is 9.94. The van der Waals surface area contributed by atoms with Crippen LogP contribution in [0.25, 0.3) is 0 Å². The van der Waals surface area contributed by atoms with E-state index in [-0.39, 0.29) is 19.2 Å². The fourth-order valence-electron chi connectivity index (χ4n) is 0.748. The molecule has 0 saturated heterocycles. The number of carbonyl (C=O) groups excluding carboxylic acids is 1. The molecular weight excluding hydrogens is 190 g/mol. The van der Waals surface area contributed by atoms with E-state index in [2.05, 4.69) is 15.0 Å². The third-order valence-corrected chi connectivity index (χ3v) is 2.06. The number of aromatic nitrogens is 1. The standard InChI is InChI=1S/C7H11N3O2S/c1-5-4-6(13-10-5)9-7(12)8-2-3-11/h4,11H,2-3H2,1H3,(H2,8,9,12). The molecule has 2 amide bonds. The fraction of sp³-hybridized carbons (Fsp3) is 0.429. The molecule has 13 heavy (non-hydrogen) atoms. The lowest BCUT2D eigenvalue weighted by atomic mass is 10.5. The van der Waals surface area contributed by atoms with Gasteiger partial charge in [0.05, 0.1) is 12.3 Å². The summed E-state index contributed by atoms with van der Waals surface area (Å²) in [6, 6.07) is 1.46. The zero-order chi connectivity index (χ0) is 9.68. The minimum Gasteiger partial charge on any atom is -0.395 e. The number of anilines is 1. The summed E-state index contributed by atoms with van der Waals surface area (Å²) in [6.45, 7) is 2.05. The Kier molecular flexibility index (Phi) is 3.66. The van der Waals surface area contributed by atoms with E-state index < -0.39 is 0 Å². The topological polar surface area (TPSA) is 74.2 Å². The molecule has 1 aromatic rings. The summed E-state index contributed by atoms with van der Waals surface area (Å²) in [6.07, 6.45) is 0. The lowest BCUT2D eigenvalue weighted by Gasteiger charge is -2.02. The molecule has 0 spiro atoms. The average molecular weight is 201 g/mol. The maximum absolute atomic E-state index is 11.0. The van der Waals surface area contributed by atoms with Gasteiger partial charge >= 0.3 is 6.03 Å². The van der Waals surface area contributed by atoms with Crippen LogP contribution in [0.3, 0.4) is 0 Å². The number of amides is 2. The van der Waals surface area contributed by atoms with Crippen molar-refractivity contribution in [2.24, 2.45) is 0 Å². The molecule has 0 saturated carbocycles. The predicted molar refractivity (Wildman–Crippen MR) is 51.0 cm³/mol. The van der Waals surface area contributed by atoms with Crippen molar-refractivity contribution >= 4 is 22.6 Å². The van der Waals surface area contributed by atoms with E-state index in [0.717, 1.165) is 5.69 Å². The molecule has 0 aromatic carbocycles. The van der Waals surface area contributed by atoms with Crippen molar-refractivity contribution < 1.29 is 9.90 Å². The number of nitrogens with zero attached hydrogens (tertiary/aromatic N) is 1. The van der Waals surface area contributed by atoms with Crippen molar-refractivity contribution in [1.29, 1.82) is 0 Å². The van der Waals surface area contributed by atoms with Gasteiger partial charge in [-0.1, -0.05) is 0 Å². The van der Waals surface area contributed by atoms with Crippen LogP contribution in [0.4, 0.5) is 9.80 Å². The van der Waals surface area contributed by atoms with Crippen molar-refractivity contribution in [2.75, 3.05) is 18.5 Å². The average Bonchev–Trinajstić information content (AvgIpc) is 2.48. The molecule has 72 valence electrons. The number of urea groups is 1. The smallest absolute Gasteiger partial charge is 0.319 e. The molecule has 1 rings (SSSR count). The van der Waals surface area contributed by atoms with Gasteiger partial charge in [-0.05, 0) is 24.5 Å². The number of aliphatic hydroxyl groups is 1. The van der Waals surface area contributed by atoms with Crippen LogP contribution in [-0.4, -0.2) is 28.7 Å². The molecule has 0 bridgehead atoms. The van der Waals surface area contributed by atoms with Gasteiger partial charge in [-0.2, -0.15) is 4.37 Å². The monoisotopic (exact) mass is 201 g/mol. The van der Waals surface area contributed by atoms with E-state index in [1.165, 1.54) is 11.5 Å². The van der Waals surface area contributed by atoms with Crippen molar-refractivity contribution in [3.05, 3.63) is 11.8 Å². The third-order valence-electron chi connectivity index (χ3n) is 1.26. The first-order valence-electron chi connectivity index (χ1n) is 3.81. The van der Waals surface area contributed by atoms with Gasteiger partial charge in [-0.15, -0.1) is 0 Å². The lowest BCUT2D eigenvalue weighted by molar-refractivity contribution is 0.245. The molecule has 0 radical (unpaired) electrons. The molecule has 5 nitrogen and oxygen atoms in total. The van der Waals surface area contributed by atoms with Crippen LogP contribution in [0.5, 0.6) is 0 Å². The Balaban J connectivity index is 2.36. The van der Waals surface area contributed by atoms with Crippen LogP contribution in [0.15, 0.2) is 6.07 Å². The van der Waals surface area contributed by atoms with E-state index in [1.807, 2.05) is 6.92 Å². The minimum absolute atomic E-state index is 0.0604. The second-order valence-corrected chi connectivity index (χ2v) is 3.24. The van der Waals surface area contributed by atoms with Gasteiger partial charge in [0.1, 0.15) is 5.00 Å². The fourth-order valence-corrected chi connectivity index (χ4v) is 1.40. The minimum atomic E-state index is -0.322. The van der Waals surface area contributed by atoms with Gasteiger partial charge in [-0.25, -0.2) is 4.79 Å². The van der Waals surface area contributed by atoms with Gasteiger partial charge in [0, 0.05) is 6.54 Å². The molecule has 0 unspecified atom stereocenters. The third kappa shape index (κ3) is 3.39. The molecule has 0 aliphatic carbocycles. The van der Waals surface area contributed by atoms with Crippen LogP contribution in [0.2, 0.25) is 0 Å². The number of hydrogen-bond donors (Lipinski definition) is 3. The lowest BCUT2D eigenvalue weighted by Crippen LogP contribution is -2.30. The quantitative estimate of drug-likeness (QED) is 0.669. The van der Waals surface area contributed by atoms with Gasteiger partial charge in [-0.3, -0.25) is 5.32 Å². The largest absolute Gasteiger partial charge is 0.395 e. The number of aliphatic hydroxyl groups excluding tert-OH is 1. The number of carbonyl (C=O) groups is 1. The Morgan fingerprint density at radius 2 is 2.54 bits per heavy atom. The van der Waals surface area contributed by atoms with Crippen molar-refractivity contribution in [1.82, 2.24) is 9.69 Å². The van der Waals surface area contributed by atoms with Gasteiger partial charge in [0.15, 0.2) is 0 Å². The summed E-state index contributed by atoms with van der Waals surface area (Å²) in [5, 5.41) is 14.2. The van der Waals surface area contributed by atoms with E-state index in [9.17, 15) is 4.79 Å². The molecule has 1 heterocycles. The molecule has 0 aliphatic heterocycles. The zero-order valence-electron chi connectivity index (χ0n) is 7.20. The molecule has 0 fully saturated rings. The van der Waals surface area contributed by atoms with Crippen LogP contribution in [-0.2, 0) is 0 Å². The van der Waals surface area contributed by atoms with E-state index >= 15 is 0 Å². The number of aryl methyl sites for hydroxylation is 1. The Hall–Kier alpha value is -1.14. The number of rotatable bonds is 3. The molecular formula is C7H11N3O2S. The summed E-state index contributed by atoms with van der Waals surface area (Å²) in [4.78, 5) is 11.0. The van der Waals surface area contributed by atoms with Crippen LogP contribution in [0, 0.1) is 6.92 Å². The van der Waals surface area contributed by atoms with Gasteiger partial charge in [0.25, 0.3) is 0 Å². The molecule has 1 aromatic heterocycles. The Labute approximate surface area is 79.9 Å². The van der Waals surface area contributed by atoms with Crippen LogP contribution >= 0.6 is 11.5 Å². The van der Waals surface area contributed by atoms with E-state index in [1.54, 1.807) is 6.07 Å². The van der Waals surface area contributed by atoms with Gasteiger partial charge in [0.2, 0.25) is 0 Å². The number of hydrogen-bond acceptors (Lipinski definition) is 4. The highest BCUT2D eigenvalue weighted by molar-refractivity contribution is 7.10. The van der Waals surface area contributed by atoms with Crippen LogP contribution < -0.4 is 10.6 Å². The Morgan fingerprint density at radius 3 is 3.08 bits per heavy atom. The second-order valence-electron chi connectivity index (χ2n) is 2.44.